The van der Waals surface area contributed by atoms with Gasteiger partial charge in [-0.05, 0) is 30.5 Å². The molecule has 6 nitrogen and oxygen atoms in total. The Bertz CT molecular complexity index is 588. The van der Waals surface area contributed by atoms with Crippen LogP contribution in [0.2, 0.25) is 0 Å². The van der Waals surface area contributed by atoms with Crippen molar-refractivity contribution in [2.24, 2.45) is 0 Å². The largest absolute Gasteiger partial charge is 0.339 e. The molecule has 1 aromatic rings. The molecule has 6 heteroatoms. The van der Waals surface area contributed by atoms with Crippen molar-refractivity contribution in [3.63, 3.8) is 0 Å². The first-order chi connectivity index (χ1) is 11.1. The van der Waals surface area contributed by atoms with E-state index < -0.39 is 0 Å². The maximum atomic E-state index is 12.5. The van der Waals surface area contributed by atoms with Crippen LogP contribution in [0.5, 0.6) is 0 Å². The fraction of sp³-hybridized carbons (Fsp3) is 0.471. The Morgan fingerprint density at radius 3 is 2.22 bits per heavy atom. The Kier molecular flexibility index (Phi) is 4.60. The Balaban J connectivity index is 1.65. The maximum absolute atomic E-state index is 12.5. The number of benzene rings is 1. The highest BCUT2D eigenvalue weighted by molar-refractivity contribution is 6.01. The van der Waals surface area contributed by atoms with Crippen molar-refractivity contribution in [3.05, 3.63) is 35.4 Å². The van der Waals surface area contributed by atoms with E-state index in [4.69, 9.17) is 0 Å². The molecule has 23 heavy (non-hydrogen) atoms. The van der Waals surface area contributed by atoms with E-state index >= 15 is 0 Å². The number of hydrogen-bond acceptors (Lipinski definition) is 3. The van der Waals surface area contributed by atoms with Gasteiger partial charge in [0.05, 0.1) is 13.1 Å². The second kappa shape index (κ2) is 6.81. The molecule has 0 aromatic heterocycles. The molecular weight excluding hydrogens is 294 g/mol. The number of hydrogen-bond donors (Lipinski definition) is 1. The lowest BCUT2D eigenvalue weighted by Crippen LogP contribution is -2.32. The number of urea groups is 1. The Hall–Kier alpha value is -2.37. The van der Waals surface area contributed by atoms with Gasteiger partial charge >= 0.3 is 6.03 Å². The third kappa shape index (κ3) is 3.52. The molecule has 2 aliphatic rings. The highest BCUT2D eigenvalue weighted by Gasteiger charge is 2.28. The molecule has 2 aliphatic heterocycles. The lowest BCUT2D eigenvalue weighted by Gasteiger charge is -2.20. The van der Waals surface area contributed by atoms with E-state index in [2.05, 4.69) is 5.32 Å². The Labute approximate surface area is 135 Å². The van der Waals surface area contributed by atoms with Gasteiger partial charge in [-0.1, -0.05) is 25.0 Å². The minimum Gasteiger partial charge on any atom is -0.339 e. The molecule has 1 N–H and O–H groups in total. The number of rotatable bonds is 3. The van der Waals surface area contributed by atoms with Crippen molar-refractivity contribution >= 4 is 17.8 Å². The molecule has 122 valence electrons. The molecule has 0 radical (unpaired) electrons. The molecule has 0 bridgehead atoms. The molecule has 0 saturated carbocycles. The fourth-order valence-electron chi connectivity index (χ4n) is 3.01. The molecule has 2 fully saturated rings. The molecule has 0 aliphatic carbocycles. The zero-order valence-electron chi connectivity index (χ0n) is 13.1. The van der Waals surface area contributed by atoms with E-state index in [-0.39, 0.29) is 30.9 Å². The van der Waals surface area contributed by atoms with E-state index in [0.717, 1.165) is 31.5 Å². The van der Waals surface area contributed by atoms with Crippen LogP contribution >= 0.6 is 0 Å². The van der Waals surface area contributed by atoms with Crippen molar-refractivity contribution in [2.45, 2.75) is 32.2 Å². The van der Waals surface area contributed by atoms with Crippen LogP contribution in [-0.2, 0) is 11.3 Å². The summed E-state index contributed by atoms with van der Waals surface area (Å²) >= 11 is 0. The molecule has 0 spiro atoms. The first-order valence-electron chi connectivity index (χ1n) is 8.11. The molecule has 4 amide bonds. The molecular formula is C17H21N3O3. The van der Waals surface area contributed by atoms with Gasteiger partial charge in [0.2, 0.25) is 5.91 Å². The monoisotopic (exact) mass is 315 g/mol. The normalized spacial score (nSPS) is 18.8. The molecule has 2 saturated heterocycles. The van der Waals surface area contributed by atoms with E-state index in [9.17, 15) is 14.4 Å². The highest BCUT2D eigenvalue weighted by atomic mass is 16.2. The van der Waals surface area contributed by atoms with Gasteiger partial charge in [0, 0.05) is 18.7 Å². The minimum absolute atomic E-state index is 0.0599. The van der Waals surface area contributed by atoms with Crippen LogP contribution < -0.4 is 5.32 Å². The standard InChI is InChI=1S/C17H21N3O3/c21-15-11-18-17(23)20(15)12-13-5-7-14(8-6-13)16(22)19-9-3-1-2-4-10-19/h5-8H,1-4,9-12H2,(H,18,23). The molecule has 3 rings (SSSR count). The van der Waals surface area contributed by atoms with Crippen LogP contribution in [-0.4, -0.2) is 47.3 Å². The number of carbonyl (C=O) groups excluding carboxylic acids is 3. The van der Waals surface area contributed by atoms with Crippen LogP contribution in [0.15, 0.2) is 24.3 Å². The van der Waals surface area contributed by atoms with Crippen LogP contribution in [0, 0.1) is 0 Å². The predicted octanol–water partition coefficient (Wildman–Crippen LogP) is 1.75. The third-order valence-corrected chi connectivity index (χ3v) is 4.37. The van der Waals surface area contributed by atoms with Crippen molar-refractivity contribution in [3.8, 4) is 0 Å². The van der Waals surface area contributed by atoms with Crippen LogP contribution in [0.4, 0.5) is 4.79 Å². The van der Waals surface area contributed by atoms with Crippen LogP contribution in [0.25, 0.3) is 0 Å². The van der Waals surface area contributed by atoms with E-state index in [1.54, 1.807) is 12.1 Å². The van der Waals surface area contributed by atoms with Crippen molar-refractivity contribution in [2.75, 3.05) is 19.6 Å². The Morgan fingerprint density at radius 1 is 1.00 bits per heavy atom. The van der Waals surface area contributed by atoms with Crippen molar-refractivity contribution in [1.29, 1.82) is 0 Å². The van der Waals surface area contributed by atoms with Crippen LogP contribution in [0.3, 0.4) is 0 Å². The van der Waals surface area contributed by atoms with Gasteiger partial charge in [-0.25, -0.2) is 4.79 Å². The topological polar surface area (TPSA) is 69.7 Å². The Morgan fingerprint density at radius 2 is 1.65 bits per heavy atom. The average molecular weight is 315 g/mol. The molecule has 0 unspecified atom stereocenters. The van der Waals surface area contributed by atoms with Crippen molar-refractivity contribution in [1.82, 2.24) is 15.1 Å². The van der Waals surface area contributed by atoms with Gasteiger partial charge in [0.1, 0.15) is 0 Å². The summed E-state index contributed by atoms with van der Waals surface area (Å²) in [7, 11) is 0. The van der Waals surface area contributed by atoms with Gasteiger partial charge < -0.3 is 10.2 Å². The number of carbonyl (C=O) groups is 3. The molecule has 0 atom stereocenters. The van der Waals surface area contributed by atoms with Gasteiger partial charge in [-0.3, -0.25) is 14.5 Å². The number of amides is 4. The first-order valence-corrected chi connectivity index (χ1v) is 8.11. The van der Waals surface area contributed by atoms with Gasteiger partial charge in [0.25, 0.3) is 5.91 Å². The lowest BCUT2D eigenvalue weighted by molar-refractivity contribution is -0.125. The van der Waals surface area contributed by atoms with Crippen molar-refractivity contribution < 1.29 is 14.4 Å². The number of imide groups is 1. The summed E-state index contributed by atoms with van der Waals surface area (Å²) in [4.78, 5) is 38.7. The van der Waals surface area contributed by atoms with Gasteiger partial charge in [-0.15, -0.1) is 0 Å². The van der Waals surface area contributed by atoms with Crippen LogP contribution in [0.1, 0.15) is 41.6 Å². The summed E-state index contributed by atoms with van der Waals surface area (Å²) in [6.07, 6.45) is 4.51. The average Bonchev–Trinajstić information content (AvgIpc) is 2.78. The molecule has 1 aromatic carbocycles. The maximum Gasteiger partial charge on any atom is 0.324 e. The summed E-state index contributed by atoms with van der Waals surface area (Å²) in [5.74, 6) is -0.159. The number of nitrogens with zero attached hydrogens (tertiary/aromatic N) is 2. The predicted molar refractivity (Wildman–Crippen MR) is 84.8 cm³/mol. The summed E-state index contributed by atoms with van der Waals surface area (Å²) in [5, 5.41) is 2.49. The zero-order chi connectivity index (χ0) is 16.2. The van der Waals surface area contributed by atoms with E-state index in [1.807, 2.05) is 17.0 Å². The second-order valence-corrected chi connectivity index (χ2v) is 6.04. The number of nitrogens with one attached hydrogen (secondary N) is 1. The SMILES string of the molecule is O=C(c1ccc(CN2C(=O)CNC2=O)cc1)N1CCCCCC1. The first kappa shape index (κ1) is 15.5. The summed E-state index contributed by atoms with van der Waals surface area (Å²) in [6, 6.07) is 6.82. The lowest BCUT2D eigenvalue weighted by atomic mass is 10.1. The molecule has 2 heterocycles. The summed E-state index contributed by atoms with van der Waals surface area (Å²) in [5.41, 5.74) is 1.50. The zero-order valence-corrected chi connectivity index (χ0v) is 13.1. The van der Waals surface area contributed by atoms with Gasteiger partial charge in [-0.2, -0.15) is 0 Å². The summed E-state index contributed by atoms with van der Waals surface area (Å²) < 4.78 is 0. The van der Waals surface area contributed by atoms with Gasteiger partial charge in [0.15, 0.2) is 0 Å². The third-order valence-electron chi connectivity index (χ3n) is 4.37. The smallest absolute Gasteiger partial charge is 0.324 e. The fourth-order valence-corrected chi connectivity index (χ4v) is 3.01. The second-order valence-electron chi connectivity index (χ2n) is 6.04. The quantitative estimate of drug-likeness (QED) is 0.864. The van der Waals surface area contributed by atoms with E-state index in [1.165, 1.54) is 17.7 Å². The highest BCUT2D eigenvalue weighted by Crippen LogP contribution is 2.15. The summed E-state index contributed by atoms with van der Waals surface area (Å²) in [6.45, 7) is 1.94. The number of likely N-dealkylation sites (tertiary alicyclic amines) is 1. The minimum atomic E-state index is -0.361. The van der Waals surface area contributed by atoms with E-state index in [0.29, 0.717) is 5.56 Å².